The number of piperidine rings is 1. The number of rotatable bonds is 0. The molecule has 0 bridgehead atoms. The van der Waals surface area contributed by atoms with Crippen LogP contribution in [-0.2, 0) is 4.74 Å². The Bertz CT molecular complexity index is 316. The molecule has 0 radical (unpaired) electrons. The largest absolute Gasteiger partial charge is 0.444 e. The van der Waals surface area contributed by atoms with Crippen molar-refractivity contribution in [3.63, 3.8) is 0 Å². The number of likely N-dealkylation sites (tertiary alicyclic amines) is 1. The first-order valence-corrected chi connectivity index (χ1v) is 6.94. The molecule has 1 heterocycles. The summed E-state index contributed by atoms with van der Waals surface area (Å²) in [6.45, 7) is 6.87. The van der Waals surface area contributed by atoms with Gasteiger partial charge in [0.05, 0.1) is 0 Å². The zero-order valence-corrected chi connectivity index (χ0v) is 11.7. The van der Waals surface area contributed by atoms with Crippen LogP contribution in [0.2, 0.25) is 0 Å². The number of hydrogen-bond acceptors (Lipinski definition) is 2. The minimum atomic E-state index is -0.668. The molecule has 1 saturated carbocycles. The molecular weight excluding hydrogens is 233 g/mol. The minimum Gasteiger partial charge on any atom is -0.444 e. The van der Waals surface area contributed by atoms with E-state index in [1.165, 1.54) is 0 Å². The van der Waals surface area contributed by atoms with Crippen LogP contribution in [0, 0.1) is 5.41 Å². The quantitative estimate of drug-likeness (QED) is 0.664. The predicted molar refractivity (Wildman–Crippen MR) is 68.2 cm³/mol. The maximum absolute atomic E-state index is 13.9. The second-order valence-electron chi connectivity index (χ2n) is 6.69. The van der Waals surface area contributed by atoms with Gasteiger partial charge >= 0.3 is 6.09 Å². The zero-order chi connectivity index (χ0) is 13.4. The van der Waals surface area contributed by atoms with Crippen molar-refractivity contribution < 1.29 is 13.9 Å². The molecule has 3 nitrogen and oxygen atoms in total. The lowest BCUT2D eigenvalue weighted by atomic mass is 9.76. The van der Waals surface area contributed by atoms with Crippen molar-refractivity contribution in [3.8, 4) is 0 Å². The molecule has 104 valence electrons. The average molecular weight is 257 g/mol. The van der Waals surface area contributed by atoms with Gasteiger partial charge < -0.3 is 9.64 Å². The van der Waals surface area contributed by atoms with Gasteiger partial charge in [0.15, 0.2) is 0 Å². The van der Waals surface area contributed by atoms with E-state index in [1.807, 2.05) is 20.8 Å². The highest BCUT2D eigenvalue weighted by molar-refractivity contribution is 5.68. The Morgan fingerprint density at radius 2 is 1.89 bits per heavy atom. The highest BCUT2D eigenvalue weighted by Crippen LogP contribution is 2.48. The van der Waals surface area contributed by atoms with Crippen LogP contribution in [0.1, 0.15) is 52.9 Å². The van der Waals surface area contributed by atoms with Gasteiger partial charge in [-0.1, -0.05) is 0 Å². The zero-order valence-electron chi connectivity index (χ0n) is 11.7. The third-order valence-corrected chi connectivity index (χ3v) is 4.21. The molecule has 4 heteroatoms. The normalized spacial score (nSPS) is 27.6. The van der Waals surface area contributed by atoms with Crippen LogP contribution in [0.15, 0.2) is 0 Å². The Labute approximate surface area is 109 Å². The molecule has 0 aromatic rings. The van der Waals surface area contributed by atoms with Gasteiger partial charge in [-0.25, -0.2) is 9.18 Å². The van der Waals surface area contributed by atoms with Gasteiger partial charge in [0, 0.05) is 18.5 Å². The van der Waals surface area contributed by atoms with E-state index in [9.17, 15) is 9.18 Å². The Hall–Kier alpha value is -0.800. The van der Waals surface area contributed by atoms with E-state index in [1.54, 1.807) is 4.90 Å². The van der Waals surface area contributed by atoms with E-state index in [2.05, 4.69) is 0 Å². The second kappa shape index (κ2) is 4.71. The average Bonchev–Trinajstić information content (AvgIpc) is 2.59. The lowest BCUT2D eigenvalue weighted by Crippen LogP contribution is -2.46. The third-order valence-electron chi connectivity index (χ3n) is 4.21. The fourth-order valence-electron chi connectivity index (χ4n) is 3.12. The van der Waals surface area contributed by atoms with Gasteiger partial charge in [-0.2, -0.15) is 0 Å². The molecule has 0 N–H and O–H groups in total. The SMILES string of the molecule is CC(C)(C)OC(=O)N1CCC2(CCC[C@H]2F)CC1. The van der Waals surface area contributed by atoms with Crippen LogP contribution in [0.4, 0.5) is 9.18 Å². The Balaban J connectivity index is 1.89. The van der Waals surface area contributed by atoms with Crippen LogP contribution in [0.25, 0.3) is 0 Å². The lowest BCUT2D eigenvalue weighted by molar-refractivity contribution is 0.0000689. The van der Waals surface area contributed by atoms with Gasteiger partial charge in [0.2, 0.25) is 0 Å². The molecule has 1 atom stereocenters. The van der Waals surface area contributed by atoms with E-state index >= 15 is 0 Å². The van der Waals surface area contributed by atoms with E-state index < -0.39 is 11.8 Å². The summed E-state index contributed by atoms with van der Waals surface area (Å²) >= 11 is 0. The van der Waals surface area contributed by atoms with Crippen LogP contribution in [-0.4, -0.2) is 35.9 Å². The topological polar surface area (TPSA) is 29.5 Å². The number of alkyl halides is 1. The van der Waals surface area contributed by atoms with Gasteiger partial charge in [0.1, 0.15) is 11.8 Å². The summed E-state index contributed by atoms with van der Waals surface area (Å²) < 4.78 is 19.3. The summed E-state index contributed by atoms with van der Waals surface area (Å²) in [5, 5.41) is 0. The monoisotopic (exact) mass is 257 g/mol. The molecule has 0 aromatic heterocycles. The number of halogens is 1. The van der Waals surface area contributed by atoms with Gasteiger partial charge in [0.25, 0.3) is 0 Å². The minimum absolute atomic E-state index is 0.140. The maximum Gasteiger partial charge on any atom is 0.410 e. The van der Waals surface area contributed by atoms with Gasteiger partial charge in [-0.3, -0.25) is 0 Å². The van der Waals surface area contributed by atoms with E-state index in [0.717, 1.165) is 25.7 Å². The van der Waals surface area contributed by atoms with Crippen LogP contribution < -0.4 is 0 Å². The second-order valence-corrected chi connectivity index (χ2v) is 6.69. The Kier molecular flexibility index (Phi) is 3.56. The molecule has 1 aliphatic carbocycles. The summed E-state index contributed by atoms with van der Waals surface area (Å²) in [6, 6.07) is 0. The van der Waals surface area contributed by atoms with E-state index in [-0.39, 0.29) is 11.5 Å². The molecule has 18 heavy (non-hydrogen) atoms. The van der Waals surface area contributed by atoms with E-state index in [4.69, 9.17) is 4.74 Å². The molecule has 0 unspecified atom stereocenters. The molecule has 2 fully saturated rings. The van der Waals surface area contributed by atoms with Crippen molar-refractivity contribution in [2.24, 2.45) is 5.41 Å². The Morgan fingerprint density at radius 1 is 1.28 bits per heavy atom. The maximum atomic E-state index is 13.9. The van der Waals surface area contributed by atoms with Crippen LogP contribution in [0.5, 0.6) is 0 Å². The fourth-order valence-corrected chi connectivity index (χ4v) is 3.12. The van der Waals surface area contributed by atoms with Crippen LogP contribution in [0.3, 0.4) is 0 Å². The first kappa shape index (κ1) is 13.6. The molecule has 1 saturated heterocycles. The third kappa shape index (κ3) is 2.78. The summed E-state index contributed by atoms with van der Waals surface area (Å²) in [4.78, 5) is 13.6. The number of carbonyl (C=O) groups excluding carboxylic acids is 1. The molecule has 0 aromatic carbocycles. The van der Waals surface area contributed by atoms with Crippen molar-refractivity contribution in [2.75, 3.05) is 13.1 Å². The first-order valence-electron chi connectivity index (χ1n) is 6.94. The first-order chi connectivity index (χ1) is 8.32. The van der Waals surface area contributed by atoms with Crippen molar-refractivity contribution in [1.82, 2.24) is 4.90 Å². The summed E-state index contributed by atoms with van der Waals surface area (Å²) in [5.41, 5.74) is -0.597. The molecule has 1 aliphatic heterocycles. The Morgan fingerprint density at radius 3 is 2.33 bits per heavy atom. The number of carbonyl (C=O) groups is 1. The highest BCUT2D eigenvalue weighted by atomic mass is 19.1. The van der Waals surface area contributed by atoms with Crippen molar-refractivity contribution in [1.29, 1.82) is 0 Å². The molecule has 1 amide bonds. The summed E-state index contributed by atoms with van der Waals surface area (Å²) in [6.07, 6.45) is 3.32. The highest BCUT2D eigenvalue weighted by Gasteiger charge is 2.46. The standard InChI is InChI=1S/C14H24FNO2/c1-13(2,3)18-12(17)16-9-7-14(8-10-16)6-4-5-11(14)15/h11H,4-10H2,1-3H3/t11-/m1/s1. The number of nitrogens with zero attached hydrogens (tertiary/aromatic N) is 1. The predicted octanol–water partition coefficient (Wildman–Crippen LogP) is 3.53. The summed E-state index contributed by atoms with van der Waals surface area (Å²) in [5.74, 6) is 0. The van der Waals surface area contributed by atoms with E-state index in [0.29, 0.717) is 19.5 Å². The van der Waals surface area contributed by atoms with Gasteiger partial charge in [-0.15, -0.1) is 0 Å². The number of hydrogen-bond donors (Lipinski definition) is 0. The number of amides is 1. The molecule has 1 spiro atoms. The smallest absolute Gasteiger partial charge is 0.410 e. The lowest BCUT2D eigenvalue weighted by Gasteiger charge is -2.40. The molecular formula is C14H24FNO2. The van der Waals surface area contributed by atoms with Crippen LogP contribution >= 0.6 is 0 Å². The molecule has 2 aliphatic rings. The van der Waals surface area contributed by atoms with Crippen molar-refractivity contribution in [2.45, 2.75) is 64.6 Å². The summed E-state index contributed by atoms with van der Waals surface area (Å²) in [7, 11) is 0. The molecule has 2 rings (SSSR count). The van der Waals surface area contributed by atoms with Crippen molar-refractivity contribution >= 4 is 6.09 Å². The van der Waals surface area contributed by atoms with Crippen molar-refractivity contribution in [3.05, 3.63) is 0 Å². The number of ether oxygens (including phenoxy) is 1. The fraction of sp³-hybridized carbons (Fsp3) is 0.929. The van der Waals surface area contributed by atoms with Gasteiger partial charge in [-0.05, 0) is 52.9 Å².